The molecule has 2 amide bonds. The number of aromatic nitrogens is 1. The summed E-state index contributed by atoms with van der Waals surface area (Å²) in [5.41, 5.74) is 7.75. The first kappa shape index (κ1) is 19.8. The highest BCUT2D eigenvalue weighted by Gasteiger charge is 2.31. The minimum atomic E-state index is -0.724. The first-order chi connectivity index (χ1) is 14.1. The topological polar surface area (TPSA) is 120 Å². The second-order valence-corrected chi connectivity index (χ2v) is 7.60. The number of piperidine rings is 1. The molecule has 2 saturated heterocycles. The van der Waals surface area contributed by atoms with Gasteiger partial charge in [0.25, 0.3) is 0 Å². The Labute approximate surface area is 167 Å². The van der Waals surface area contributed by atoms with Crippen LogP contribution in [0.3, 0.4) is 0 Å². The van der Waals surface area contributed by atoms with E-state index in [9.17, 15) is 14.4 Å². The number of carbonyl (C=O) groups excluding carboxylic acids is 2. The number of carbonyl (C=O) groups is 2. The van der Waals surface area contributed by atoms with Crippen molar-refractivity contribution >= 4 is 22.9 Å². The number of rotatable bonds is 6. The number of fused-ring (bicyclic) bond motifs is 1. The van der Waals surface area contributed by atoms with E-state index in [2.05, 4.69) is 10.2 Å². The van der Waals surface area contributed by atoms with Crippen molar-refractivity contribution < 1.29 is 18.7 Å². The maximum absolute atomic E-state index is 12.5. The van der Waals surface area contributed by atoms with Gasteiger partial charge in [-0.3, -0.25) is 24.4 Å². The molecule has 29 heavy (non-hydrogen) atoms. The number of nitrogens with zero attached hydrogens (tertiary/aromatic N) is 2. The molecule has 156 valence electrons. The number of benzene rings is 1. The van der Waals surface area contributed by atoms with Gasteiger partial charge < -0.3 is 14.9 Å². The van der Waals surface area contributed by atoms with Crippen LogP contribution in [-0.2, 0) is 20.7 Å². The molecule has 1 unspecified atom stereocenters. The fraction of sp³-hybridized carbons (Fsp3) is 0.550. The van der Waals surface area contributed by atoms with Gasteiger partial charge in [0.05, 0.1) is 18.2 Å². The van der Waals surface area contributed by atoms with Crippen LogP contribution in [0.2, 0.25) is 0 Å². The van der Waals surface area contributed by atoms with Gasteiger partial charge in [0, 0.05) is 26.1 Å². The Morgan fingerprint density at radius 3 is 2.90 bits per heavy atom. The van der Waals surface area contributed by atoms with Gasteiger partial charge in [0.1, 0.15) is 6.04 Å². The van der Waals surface area contributed by atoms with Crippen molar-refractivity contribution in [2.45, 2.75) is 37.8 Å². The molecule has 3 heterocycles. The monoisotopic (exact) mass is 402 g/mol. The summed E-state index contributed by atoms with van der Waals surface area (Å²) in [5, 5.41) is 2.30. The molecule has 0 spiro atoms. The zero-order valence-electron chi connectivity index (χ0n) is 16.3. The Kier molecular flexibility index (Phi) is 5.79. The SMILES string of the molecule is NC[C@@H]1CN(CCCc2cccc3c2oc(=O)n3C2CCC(=O)NC2=O)CCO1. The third-order valence-electron chi connectivity index (χ3n) is 5.65. The molecule has 2 atom stereocenters. The fourth-order valence-corrected chi connectivity index (χ4v) is 4.15. The maximum atomic E-state index is 12.5. The number of imide groups is 1. The number of oxazole rings is 1. The maximum Gasteiger partial charge on any atom is 0.420 e. The Hall–Kier alpha value is -2.49. The number of amides is 2. The summed E-state index contributed by atoms with van der Waals surface area (Å²) in [7, 11) is 0. The van der Waals surface area contributed by atoms with Crippen molar-refractivity contribution in [1.82, 2.24) is 14.8 Å². The van der Waals surface area contributed by atoms with E-state index < -0.39 is 17.7 Å². The lowest BCUT2D eigenvalue weighted by atomic mass is 10.0. The second-order valence-electron chi connectivity index (χ2n) is 7.60. The summed E-state index contributed by atoms with van der Waals surface area (Å²) >= 11 is 0. The van der Waals surface area contributed by atoms with Crippen molar-refractivity contribution in [2.24, 2.45) is 5.73 Å². The Balaban J connectivity index is 1.49. The van der Waals surface area contributed by atoms with Crippen LogP contribution in [-0.4, -0.2) is 60.2 Å². The molecule has 2 aliphatic rings. The second kappa shape index (κ2) is 8.48. The molecule has 2 aromatic rings. The standard InChI is InChI=1S/C20H26N4O5/c21-11-14-12-23(9-10-28-14)8-2-4-13-3-1-5-15-18(13)29-20(27)24(15)16-6-7-17(25)22-19(16)26/h1,3,5,14,16H,2,4,6-12,21H2,(H,22,25,26)/t14-,16?/m1/s1. The van der Waals surface area contributed by atoms with E-state index in [1.165, 1.54) is 4.57 Å². The van der Waals surface area contributed by atoms with E-state index >= 15 is 0 Å². The average Bonchev–Trinajstić information content (AvgIpc) is 3.05. The van der Waals surface area contributed by atoms with Gasteiger partial charge in [-0.1, -0.05) is 12.1 Å². The number of para-hydroxylation sites is 1. The molecule has 3 N–H and O–H groups in total. The quantitative estimate of drug-likeness (QED) is 0.661. The highest BCUT2D eigenvalue weighted by atomic mass is 16.5. The first-order valence-corrected chi connectivity index (χ1v) is 10.1. The van der Waals surface area contributed by atoms with Gasteiger partial charge in [0.15, 0.2) is 5.58 Å². The number of morpholine rings is 1. The largest absolute Gasteiger partial charge is 0.420 e. The molecule has 0 radical (unpaired) electrons. The molecular formula is C20H26N4O5. The lowest BCUT2D eigenvalue weighted by molar-refractivity contribution is -0.135. The van der Waals surface area contributed by atoms with E-state index in [1.54, 1.807) is 6.07 Å². The fourth-order valence-electron chi connectivity index (χ4n) is 4.15. The summed E-state index contributed by atoms with van der Waals surface area (Å²) < 4.78 is 12.5. The van der Waals surface area contributed by atoms with Crippen LogP contribution in [0.25, 0.3) is 11.1 Å². The van der Waals surface area contributed by atoms with Crippen LogP contribution in [0, 0.1) is 0 Å². The summed E-state index contributed by atoms with van der Waals surface area (Å²) in [6.45, 7) is 3.85. The third kappa shape index (κ3) is 4.12. The zero-order valence-corrected chi connectivity index (χ0v) is 16.3. The Morgan fingerprint density at radius 2 is 2.10 bits per heavy atom. The van der Waals surface area contributed by atoms with Crippen LogP contribution >= 0.6 is 0 Å². The minimum Gasteiger partial charge on any atom is -0.407 e. The molecule has 2 aliphatic heterocycles. The molecule has 1 aromatic heterocycles. The summed E-state index contributed by atoms with van der Waals surface area (Å²) in [6.07, 6.45) is 2.25. The van der Waals surface area contributed by atoms with Gasteiger partial charge in [-0.05, 0) is 37.4 Å². The van der Waals surface area contributed by atoms with Crippen LogP contribution in [0.15, 0.2) is 27.4 Å². The zero-order chi connectivity index (χ0) is 20.4. The molecule has 0 bridgehead atoms. The highest BCUT2D eigenvalue weighted by Crippen LogP contribution is 2.25. The van der Waals surface area contributed by atoms with Gasteiger partial charge in [-0.25, -0.2) is 4.79 Å². The van der Waals surface area contributed by atoms with E-state index in [-0.39, 0.29) is 18.4 Å². The number of hydrogen-bond acceptors (Lipinski definition) is 7. The average molecular weight is 402 g/mol. The summed E-state index contributed by atoms with van der Waals surface area (Å²) in [6, 6.07) is 4.87. The third-order valence-corrected chi connectivity index (χ3v) is 5.65. The highest BCUT2D eigenvalue weighted by molar-refractivity contribution is 6.00. The predicted molar refractivity (Wildman–Crippen MR) is 105 cm³/mol. The van der Waals surface area contributed by atoms with Crippen LogP contribution in [0.1, 0.15) is 30.9 Å². The van der Waals surface area contributed by atoms with Gasteiger partial charge >= 0.3 is 5.76 Å². The van der Waals surface area contributed by atoms with Gasteiger partial charge in [-0.2, -0.15) is 0 Å². The van der Waals surface area contributed by atoms with E-state index in [1.807, 2.05) is 12.1 Å². The number of nitrogens with two attached hydrogens (primary N) is 1. The van der Waals surface area contributed by atoms with Crippen molar-refractivity contribution in [1.29, 1.82) is 0 Å². The Morgan fingerprint density at radius 1 is 1.24 bits per heavy atom. The lowest BCUT2D eigenvalue weighted by Crippen LogP contribution is -2.45. The first-order valence-electron chi connectivity index (χ1n) is 10.1. The number of aryl methyl sites for hydroxylation is 1. The lowest BCUT2D eigenvalue weighted by Gasteiger charge is -2.32. The number of hydrogen-bond donors (Lipinski definition) is 2. The molecule has 0 saturated carbocycles. The smallest absolute Gasteiger partial charge is 0.407 e. The molecule has 4 rings (SSSR count). The molecule has 2 fully saturated rings. The molecular weight excluding hydrogens is 376 g/mol. The van der Waals surface area contributed by atoms with Crippen molar-refractivity contribution in [3.05, 3.63) is 34.3 Å². The normalized spacial score (nSPS) is 23.5. The summed E-state index contributed by atoms with van der Waals surface area (Å²) in [5.74, 6) is -1.34. The molecule has 9 heteroatoms. The van der Waals surface area contributed by atoms with Crippen molar-refractivity contribution in [2.75, 3.05) is 32.8 Å². The van der Waals surface area contributed by atoms with Crippen LogP contribution < -0.4 is 16.8 Å². The molecule has 0 aliphatic carbocycles. The molecule has 9 nitrogen and oxygen atoms in total. The van der Waals surface area contributed by atoms with Crippen LogP contribution in [0.4, 0.5) is 0 Å². The van der Waals surface area contributed by atoms with Gasteiger partial charge in [0.2, 0.25) is 11.8 Å². The van der Waals surface area contributed by atoms with E-state index in [0.717, 1.165) is 38.0 Å². The minimum absolute atomic E-state index is 0.0905. The molecule has 1 aromatic carbocycles. The predicted octanol–water partition coefficient (Wildman–Crippen LogP) is 0.164. The van der Waals surface area contributed by atoms with E-state index in [0.29, 0.717) is 30.7 Å². The Bertz CT molecular complexity index is 965. The van der Waals surface area contributed by atoms with Crippen LogP contribution in [0.5, 0.6) is 0 Å². The number of ether oxygens (including phenoxy) is 1. The van der Waals surface area contributed by atoms with E-state index in [4.69, 9.17) is 14.9 Å². The number of nitrogens with one attached hydrogen (secondary N) is 1. The summed E-state index contributed by atoms with van der Waals surface area (Å²) in [4.78, 5) is 38.5. The van der Waals surface area contributed by atoms with Crippen molar-refractivity contribution in [3.8, 4) is 0 Å². The van der Waals surface area contributed by atoms with Crippen molar-refractivity contribution in [3.63, 3.8) is 0 Å². The van der Waals surface area contributed by atoms with Gasteiger partial charge in [-0.15, -0.1) is 0 Å².